The molecule has 23 heavy (non-hydrogen) atoms. The van der Waals surface area contributed by atoms with Crippen molar-refractivity contribution in [1.82, 2.24) is 14.5 Å². The van der Waals surface area contributed by atoms with E-state index in [0.717, 1.165) is 34.7 Å². The highest BCUT2D eigenvalue weighted by atomic mass is 16.5. The van der Waals surface area contributed by atoms with E-state index >= 15 is 0 Å². The van der Waals surface area contributed by atoms with Crippen LogP contribution in [0.4, 0.5) is 0 Å². The first-order chi connectivity index (χ1) is 11.1. The van der Waals surface area contributed by atoms with Gasteiger partial charge in [0.1, 0.15) is 17.1 Å². The molecule has 0 aliphatic rings. The van der Waals surface area contributed by atoms with Gasteiger partial charge < -0.3 is 15.0 Å². The lowest BCUT2D eigenvalue weighted by molar-refractivity contribution is 0.414. The van der Waals surface area contributed by atoms with Gasteiger partial charge in [-0.1, -0.05) is 12.1 Å². The molecule has 0 aliphatic heterocycles. The molecule has 2 aromatic heterocycles. The second kappa shape index (κ2) is 6.38. The molecule has 120 valence electrons. The largest absolute Gasteiger partial charge is 0.497 e. The van der Waals surface area contributed by atoms with Crippen molar-refractivity contribution in [2.24, 2.45) is 5.73 Å². The van der Waals surface area contributed by atoms with E-state index in [1.165, 1.54) is 5.56 Å². The third-order valence-corrected chi connectivity index (χ3v) is 4.04. The van der Waals surface area contributed by atoms with Crippen LogP contribution >= 0.6 is 0 Å². The molecule has 0 bridgehead atoms. The number of imidazole rings is 1. The van der Waals surface area contributed by atoms with Crippen LogP contribution in [-0.4, -0.2) is 28.2 Å². The Morgan fingerprint density at radius 1 is 1.26 bits per heavy atom. The van der Waals surface area contributed by atoms with E-state index in [4.69, 9.17) is 15.5 Å². The Bertz CT molecular complexity index is 808. The fourth-order valence-corrected chi connectivity index (χ4v) is 2.75. The molecule has 1 atom stereocenters. The van der Waals surface area contributed by atoms with Crippen molar-refractivity contribution in [2.75, 3.05) is 13.7 Å². The second-order valence-corrected chi connectivity index (χ2v) is 5.86. The fraction of sp³-hybridized carbons (Fsp3) is 0.333. The molecule has 0 radical (unpaired) electrons. The molecule has 1 aromatic carbocycles. The quantitative estimate of drug-likeness (QED) is 0.787. The number of pyridine rings is 1. The highest BCUT2D eigenvalue weighted by molar-refractivity contribution is 5.72. The Hall–Kier alpha value is -2.40. The van der Waals surface area contributed by atoms with E-state index in [0.29, 0.717) is 6.54 Å². The van der Waals surface area contributed by atoms with Gasteiger partial charge in [0.15, 0.2) is 5.65 Å². The number of aryl methyl sites for hydroxylation is 1. The maximum Gasteiger partial charge on any atom is 0.160 e. The Labute approximate surface area is 136 Å². The van der Waals surface area contributed by atoms with Gasteiger partial charge in [0.2, 0.25) is 0 Å². The van der Waals surface area contributed by atoms with Crippen molar-refractivity contribution in [3.63, 3.8) is 0 Å². The smallest absolute Gasteiger partial charge is 0.160 e. The molecule has 0 amide bonds. The lowest BCUT2D eigenvalue weighted by atomic mass is 10.1. The fourth-order valence-electron chi connectivity index (χ4n) is 2.75. The third kappa shape index (κ3) is 3.05. The summed E-state index contributed by atoms with van der Waals surface area (Å²) in [6, 6.07) is 10.3. The molecule has 0 saturated carbocycles. The summed E-state index contributed by atoms with van der Waals surface area (Å²) in [7, 11) is 1.67. The topological polar surface area (TPSA) is 66.0 Å². The molecule has 2 N–H and O–H groups in total. The average Bonchev–Trinajstić information content (AvgIpc) is 2.91. The summed E-state index contributed by atoms with van der Waals surface area (Å²) < 4.78 is 7.36. The number of rotatable bonds is 5. The molecule has 5 heteroatoms. The van der Waals surface area contributed by atoms with Crippen molar-refractivity contribution in [3.8, 4) is 5.75 Å². The molecule has 3 aromatic rings. The van der Waals surface area contributed by atoms with Gasteiger partial charge in [0.25, 0.3) is 0 Å². The minimum absolute atomic E-state index is 0.156. The Morgan fingerprint density at radius 2 is 2.00 bits per heavy atom. The molecule has 0 saturated heterocycles. The summed E-state index contributed by atoms with van der Waals surface area (Å²) in [5.74, 6) is 1.84. The summed E-state index contributed by atoms with van der Waals surface area (Å²) in [5, 5.41) is 0. The standard InChI is InChI=1S/C18H22N4O/c1-12-8-16-18(20-11-12)22(13(2)10-19)17(21-16)9-14-4-6-15(23-3)7-5-14/h4-8,11,13H,9-10,19H2,1-3H3. The van der Waals surface area contributed by atoms with Crippen molar-refractivity contribution in [1.29, 1.82) is 0 Å². The van der Waals surface area contributed by atoms with Crippen molar-refractivity contribution in [3.05, 3.63) is 53.5 Å². The molecular weight excluding hydrogens is 288 g/mol. The monoisotopic (exact) mass is 310 g/mol. The summed E-state index contributed by atoms with van der Waals surface area (Å²) in [5.41, 5.74) is 10.0. The molecule has 0 spiro atoms. The summed E-state index contributed by atoms with van der Waals surface area (Å²) >= 11 is 0. The van der Waals surface area contributed by atoms with Crippen LogP contribution in [0.5, 0.6) is 5.75 Å². The van der Waals surface area contributed by atoms with E-state index in [1.807, 2.05) is 25.3 Å². The zero-order valence-electron chi connectivity index (χ0n) is 13.8. The minimum Gasteiger partial charge on any atom is -0.497 e. The predicted molar refractivity (Wildman–Crippen MR) is 91.8 cm³/mol. The van der Waals surface area contributed by atoms with Crippen molar-refractivity contribution in [2.45, 2.75) is 26.3 Å². The van der Waals surface area contributed by atoms with Crippen LogP contribution in [0, 0.1) is 6.92 Å². The normalized spacial score (nSPS) is 12.5. The van der Waals surface area contributed by atoms with Crippen molar-refractivity contribution >= 4 is 11.2 Å². The zero-order valence-corrected chi connectivity index (χ0v) is 13.8. The summed E-state index contributed by atoms with van der Waals surface area (Å²) in [6.45, 7) is 4.68. The number of fused-ring (bicyclic) bond motifs is 1. The van der Waals surface area contributed by atoms with Crippen LogP contribution in [0.3, 0.4) is 0 Å². The second-order valence-electron chi connectivity index (χ2n) is 5.86. The molecule has 1 unspecified atom stereocenters. The van der Waals surface area contributed by atoms with E-state index in [2.05, 4.69) is 34.7 Å². The van der Waals surface area contributed by atoms with Crippen LogP contribution in [0.1, 0.15) is 29.9 Å². The number of nitrogens with zero attached hydrogens (tertiary/aromatic N) is 3. The van der Waals surface area contributed by atoms with Gasteiger partial charge in [-0.2, -0.15) is 0 Å². The highest BCUT2D eigenvalue weighted by Crippen LogP contribution is 2.22. The molecule has 2 heterocycles. The van der Waals surface area contributed by atoms with Gasteiger partial charge in [0, 0.05) is 25.2 Å². The molecule has 0 fully saturated rings. The van der Waals surface area contributed by atoms with Crippen LogP contribution in [0.2, 0.25) is 0 Å². The van der Waals surface area contributed by atoms with Gasteiger partial charge in [0.05, 0.1) is 7.11 Å². The summed E-state index contributed by atoms with van der Waals surface area (Å²) in [6.07, 6.45) is 2.62. The molecular formula is C18H22N4O. The lowest BCUT2D eigenvalue weighted by Gasteiger charge is -2.15. The van der Waals surface area contributed by atoms with Gasteiger partial charge in [-0.05, 0) is 43.2 Å². The molecule has 0 aliphatic carbocycles. The van der Waals surface area contributed by atoms with E-state index in [9.17, 15) is 0 Å². The maximum atomic E-state index is 5.89. The Kier molecular flexibility index (Phi) is 4.30. The first-order valence-electron chi connectivity index (χ1n) is 7.79. The van der Waals surface area contributed by atoms with Crippen molar-refractivity contribution < 1.29 is 4.74 Å². The number of benzene rings is 1. The van der Waals surface area contributed by atoms with Crippen LogP contribution in [0.15, 0.2) is 36.5 Å². The third-order valence-electron chi connectivity index (χ3n) is 4.04. The SMILES string of the molecule is COc1ccc(Cc2nc3cc(C)cnc3n2C(C)CN)cc1. The van der Waals surface area contributed by atoms with E-state index in [-0.39, 0.29) is 6.04 Å². The van der Waals surface area contributed by atoms with E-state index in [1.54, 1.807) is 7.11 Å². The predicted octanol–water partition coefficient (Wildman–Crippen LogP) is 2.86. The van der Waals surface area contributed by atoms with Gasteiger partial charge in [-0.3, -0.25) is 0 Å². The van der Waals surface area contributed by atoms with Gasteiger partial charge >= 0.3 is 0 Å². The van der Waals surface area contributed by atoms with Gasteiger partial charge in [-0.15, -0.1) is 0 Å². The maximum absolute atomic E-state index is 5.89. The number of aromatic nitrogens is 3. The van der Waals surface area contributed by atoms with Crippen LogP contribution in [-0.2, 0) is 6.42 Å². The molecule has 5 nitrogen and oxygen atoms in total. The van der Waals surface area contributed by atoms with Gasteiger partial charge in [-0.25, -0.2) is 9.97 Å². The number of hydrogen-bond donors (Lipinski definition) is 1. The average molecular weight is 310 g/mol. The number of hydrogen-bond acceptors (Lipinski definition) is 4. The number of ether oxygens (including phenoxy) is 1. The first-order valence-corrected chi connectivity index (χ1v) is 7.79. The number of nitrogens with two attached hydrogens (primary N) is 1. The highest BCUT2D eigenvalue weighted by Gasteiger charge is 2.16. The lowest BCUT2D eigenvalue weighted by Crippen LogP contribution is -2.18. The first kappa shape index (κ1) is 15.5. The van der Waals surface area contributed by atoms with Crippen LogP contribution in [0.25, 0.3) is 11.2 Å². The Morgan fingerprint density at radius 3 is 2.65 bits per heavy atom. The Balaban J connectivity index is 2.04. The molecule has 3 rings (SSSR count). The minimum atomic E-state index is 0.156. The summed E-state index contributed by atoms with van der Waals surface area (Å²) in [4.78, 5) is 9.36. The zero-order chi connectivity index (χ0) is 16.4. The van der Waals surface area contributed by atoms with E-state index < -0.39 is 0 Å². The number of methoxy groups -OCH3 is 1. The van der Waals surface area contributed by atoms with Crippen LogP contribution < -0.4 is 10.5 Å².